The molecule has 0 atom stereocenters. The van der Waals surface area contributed by atoms with Gasteiger partial charge >= 0.3 is 0 Å². The van der Waals surface area contributed by atoms with Crippen molar-refractivity contribution in [1.29, 1.82) is 0 Å². The molecule has 0 spiro atoms. The van der Waals surface area contributed by atoms with Gasteiger partial charge in [0.1, 0.15) is 5.75 Å². The van der Waals surface area contributed by atoms with Gasteiger partial charge in [0.05, 0.1) is 0 Å². The summed E-state index contributed by atoms with van der Waals surface area (Å²) in [6.45, 7) is 8.02. The number of hydrazone groups is 1. The highest BCUT2D eigenvalue weighted by Crippen LogP contribution is 2.21. The number of aryl methyl sites for hydroxylation is 2. The number of nitrogens with zero attached hydrogens (tertiary/aromatic N) is 1. The second-order valence-corrected chi connectivity index (χ2v) is 5.35. The maximum Gasteiger partial charge on any atom is 0.277 e. The number of para-hydroxylation sites is 1. The standard InChI is InChI=1S/C17H26N2O2/c1-5-6-7-11-15(4)18-19-16(20)12-21-17-13(2)9-8-10-14(17)3/h8-10H,5-7,11-12H2,1-4H3,(H,19,20)/b18-15+. The van der Waals surface area contributed by atoms with Crippen molar-refractivity contribution in [3.05, 3.63) is 29.3 Å². The van der Waals surface area contributed by atoms with Crippen LogP contribution in [0.4, 0.5) is 0 Å². The van der Waals surface area contributed by atoms with Crippen LogP contribution in [0.1, 0.15) is 50.7 Å². The molecule has 0 saturated carbocycles. The average Bonchev–Trinajstić information content (AvgIpc) is 2.45. The monoisotopic (exact) mass is 290 g/mol. The van der Waals surface area contributed by atoms with Crippen molar-refractivity contribution in [2.45, 2.75) is 53.4 Å². The van der Waals surface area contributed by atoms with E-state index in [1.807, 2.05) is 39.0 Å². The molecule has 0 bridgehead atoms. The van der Waals surface area contributed by atoms with E-state index >= 15 is 0 Å². The minimum absolute atomic E-state index is 0.0164. The smallest absolute Gasteiger partial charge is 0.277 e. The summed E-state index contributed by atoms with van der Waals surface area (Å²) >= 11 is 0. The lowest BCUT2D eigenvalue weighted by atomic mass is 10.1. The molecule has 0 fully saturated rings. The van der Waals surface area contributed by atoms with Crippen LogP contribution in [0.3, 0.4) is 0 Å². The van der Waals surface area contributed by atoms with Crippen LogP contribution in [0.15, 0.2) is 23.3 Å². The molecule has 4 heteroatoms. The van der Waals surface area contributed by atoms with E-state index < -0.39 is 0 Å². The number of hydrogen-bond donors (Lipinski definition) is 1. The number of amides is 1. The maximum absolute atomic E-state index is 11.7. The zero-order valence-corrected chi connectivity index (χ0v) is 13.5. The Morgan fingerprint density at radius 1 is 1.24 bits per heavy atom. The van der Waals surface area contributed by atoms with E-state index in [0.717, 1.165) is 35.4 Å². The fourth-order valence-corrected chi connectivity index (χ4v) is 2.04. The van der Waals surface area contributed by atoms with Gasteiger partial charge in [0, 0.05) is 5.71 Å². The molecule has 0 aliphatic carbocycles. The Balaban J connectivity index is 2.39. The van der Waals surface area contributed by atoms with Crippen molar-refractivity contribution in [3.8, 4) is 5.75 Å². The van der Waals surface area contributed by atoms with Gasteiger partial charge in [-0.25, -0.2) is 5.43 Å². The van der Waals surface area contributed by atoms with Gasteiger partial charge in [-0.3, -0.25) is 4.79 Å². The first-order valence-electron chi connectivity index (χ1n) is 7.55. The number of benzene rings is 1. The Kier molecular flexibility index (Phi) is 7.51. The van der Waals surface area contributed by atoms with Gasteiger partial charge in [-0.2, -0.15) is 5.10 Å². The lowest BCUT2D eigenvalue weighted by Crippen LogP contribution is -2.25. The van der Waals surface area contributed by atoms with E-state index in [0.29, 0.717) is 0 Å². The molecule has 1 aromatic carbocycles. The first-order chi connectivity index (χ1) is 10.0. The van der Waals surface area contributed by atoms with Crippen molar-refractivity contribution < 1.29 is 9.53 Å². The van der Waals surface area contributed by atoms with Crippen LogP contribution in [-0.4, -0.2) is 18.2 Å². The van der Waals surface area contributed by atoms with Crippen LogP contribution in [0, 0.1) is 13.8 Å². The van der Waals surface area contributed by atoms with E-state index in [-0.39, 0.29) is 12.5 Å². The molecular formula is C17H26N2O2. The van der Waals surface area contributed by atoms with Gasteiger partial charge in [0.2, 0.25) is 0 Å². The van der Waals surface area contributed by atoms with Crippen LogP contribution < -0.4 is 10.2 Å². The second kappa shape index (κ2) is 9.16. The number of unbranched alkanes of at least 4 members (excludes halogenated alkanes) is 2. The summed E-state index contributed by atoms with van der Waals surface area (Å²) in [5.41, 5.74) is 5.55. The summed E-state index contributed by atoms with van der Waals surface area (Å²) in [6.07, 6.45) is 4.41. The van der Waals surface area contributed by atoms with Gasteiger partial charge in [-0.1, -0.05) is 38.0 Å². The summed E-state index contributed by atoms with van der Waals surface area (Å²) in [5, 5.41) is 4.09. The molecule has 1 N–H and O–H groups in total. The Hall–Kier alpha value is -1.84. The number of rotatable bonds is 8. The summed E-state index contributed by atoms with van der Waals surface area (Å²) in [4.78, 5) is 11.7. The molecule has 4 nitrogen and oxygen atoms in total. The third kappa shape index (κ3) is 6.43. The van der Waals surface area contributed by atoms with Gasteiger partial charge in [0.15, 0.2) is 6.61 Å². The Labute approximate surface area is 127 Å². The van der Waals surface area contributed by atoms with Gasteiger partial charge in [-0.15, -0.1) is 0 Å². The topological polar surface area (TPSA) is 50.7 Å². The van der Waals surface area contributed by atoms with Gasteiger partial charge in [-0.05, 0) is 44.7 Å². The number of carbonyl (C=O) groups is 1. The number of nitrogens with one attached hydrogen (secondary N) is 1. The molecule has 0 aliphatic heterocycles. The maximum atomic E-state index is 11.7. The minimum Gasteiger partial charge on any atom is -0.483 e. The Morgan fingerprint density at radius 3 is 2.52 bits per heavy atom. The molecule has 21 heavy (non-hydrogen) atoms. The van der Waals surface area contributed by atoms with E-state index in [4.69, 9.17) is 4.74 Å². The zero-order chi connectivity index (χ0) is 15.7. The van der Waals surface area contributed by atoms with Gasteiger partial charge in [0.25, 0.3) is 5.91 Å². The van der Waals surface area contributed by atoms with Crippen molar-refractivity contribution in [3.63, 3.8) is 0 Å². The normalized spacial score (nSPS) is 11.3. The highest BCUT2D eigenvalue weighted by molar-refractivity contribution is 5.84. The molecule has 0 heterocycles. The Morgan fingerprint density at radius 2 is 1.90 bits per heavy atom. The third-order valence-electron chi connectivity index (χ3n) is 3.27. The van der Waals surface area contributed by atoms with E-state index in [1.54, 1.807) is 0 Å². The number of carbonyl (C=O) groups excluding carboxylic acids is 1. The molecule has 1 rings (SSSR count). The summed E-state index contributed by atoms with van der Waals surface area (Å²) in [7, 11) is 0. The predicted octanol–water partition coefficient (Wildman–Crippen LogP) is 3.75. The number of hydrogen-bond acceptors (Lipinski definition) is 3. The highest BCUT2D eigenvalue weighted by atomic mass is 16.5. The molecule has 1 aromatic rings. The molecular weight excluding hydrogens is 264 g/mol. The van der Waals surface area contributed by atoms with E-state index in [1.165, 1.54) is 12.8 Å². The first kappa shape index (κ1) is 17.2. The second-order valence-electron chi connectivity index (χ2n) is 5.35. The van der Waals surface area contributed by atoms with Crippen LogP contribution in [0.25, 0.3) is 0 Å². The van der Waals surface area contributed by atoms with Crippen molar-refractivity contribution in [1.82, 2.24) is 5.43 Å². The predicted molar refractivity (Wildman–Crippen MR) is 86.8 cm³/mol. The first-order valence-corrected chi connectivity index (χ1v) is 7.55. The zero-order valence-electron chi connectivity index (χ0n) is 13.5. The summed E-state index contributed by atoms with van der Waals surface area (Å²) < 4.78 is 5.58. The van der Waals surface area contributed by atoms with E-state index in [9.17, 15) is 4.79 Å². The summed E-state index contributed by atoms with van der Waals surface area (Å²) in [5.74, 6) is 0.545. The van der Waals surface area contributed by atoms with Crippen LogP contribution in [-0.2, 0) is 4.79 Å². The van der Waals surface area contributed by atoms with Gasteiger partial charge < -0.3 is 4.74 Å². The minimum atomic E-state index is -0.229. The van der Waals surface area contributed by atoms with Crippen LogP contribution in [0.2, 0.25) is 0 Å². The van der Waals surface area contributed by atoms with Crippen LogP contribution >= 0.6 is 0 Å². The largest absolute Gasteiger partial charge is 0.483 e. The van der Waals surface area contributed by atoms with Crippen molar-refractivity contribution in [2.75, 3.05) is 6.61 Å². The molecule has 0 saturated heterocycles. The summed E-state index contributed by atoms with van der Waals surface area (Å²) in [6, 6.07) is 5.91. The number of ether oxygens (including phenoxy) is 1. The fourth-order valence-electron chi connectivity index (χ4n) is 2.04. The molecule has 0 aliphatic rings. The SMILES string of the molecule is CCCCC/C(C)=N/NC(=O)COc1c(C)cccc1C. The molecule has 0 radical (unpaired) electrons. The van der Waals surface area contributed by atoms with Crippen LogP contribution in [0.5, 0.6) is 5.75 Å². The van der Waals surface area contributed by atoms with Crippen molar-refractivity contribution in [2.24, 2.45) is 5.10 Å². The molecule has 0 unspecified atom stereocenters. The third-order valence-corrected chi connectivity index (χ3v) is 3.27. The fraction of sp³-hybridized carbons (Fsp3) is 0.529. The molecule has 116 valence electrons. The lowest BCUT2D eigenvalue weighted by Gasteiger charge is -2.11. The average molecular weight is 290 g/mol. The Bertz CT molecular complexity index is 475. The molecule has 0 aromatic heterocycles. The lowest BCUT2D eigenvalue weighted by molar-refractivity contribution is -0.123. The molecule has 1 amide bonds. The quantitative estimate of drug-likeness (QED) is 0.450. The highest BCUT2D eigenvalue weighted by Gasteiger charge is 2.06. The van der Waals surface area contributed by atoms with E-state index in [2.05, 4.69) is 17.5 Å². The van der Waals surface area contributed by atoms with Crippen molar-refractivity contribution >= 4 is 11.6 Å².